The Bertz CT molecular complexity index is 175. The minimum absolute atomic E-state index is 0.0432. The van der Waals surface area contributed by atoms with Crippen LogP contribution in [0.15, 0.2) is 0 Å². The van der Waals surface area contributed by atoms with Crippen LogP contribution in [0.1, 0.15) is 27.2 Å². The molecule has 0 spiro atoms. The van der Waals surface area contributed by atoms with Gasteiger partial charge in [-0.05, 0) is 27.3 Å². The van der Waals surface area contributed by atoms with Crippen molar-refractivity contribution in [2.45, 2.75) is 32.8 Å². The monoisotopic (exact) mass is 203 g/mol. The first-order valence-electron chi connectivity index (χ1n) is 4.80. The summed E-state index contributed by atoms with van der Waals surface area (Å²) in [7, 11) is 1.38. The van der Waals surface area contributed by atoms with E-state index in [9.17, 15) is 4.79 Å². The van der Waals surface area contributed by atoms with Gasteiger partial charge in [0.25, 0.3) is 0 Å². The molecule has 1 atom stereocenters. The normalized spacial score (nSPS) is 13.8. The fourth-order valence-electron chi connectivity index (χ4n) is 0.897. The molecule has 0 bridgehead atoms. The Morgan fingerprint density at radius 2 is 2.00 bits per heavy atom. The first-order valence-corrected chi connectivity index (χ1v) is 4.80. The Hall–Kier alpha value is -0.610. The van der Waals surface area contributed by atoms with Crippen molar-refractivity contribution in [1.82, 2.24) is 0 Å². The fraction of sp³-hybridized carbons (Fsp3) is 0.900. The number of rotatable bonds is 5. The molecular formula is C10H21NO3. The molecule has 2 N–H and O–H groups in total. The van der Waals surface area contributed by atoms with Crippen molar-refractivity contribution in [2.75, 3.05) is 20.3 Å². The van der Waals surface area contributed by atoms with Crippen LogP contribution < -0.4 is 5.73 Å². The van der Waals surface area contributed by atoms with Gasteiger partial charge in [0.1, 0.15) is 0 Å². The van der Waals surface area contributed by atoms with Crippen LogP contribution in [-0.2, 0) is 14.3 Å². The Labute approximate surface area is 85.8 Å². The van der Waals surface area contributed by atoms with Crippen LogP contribution in [0, 0.1) is 5.92 Å². The SMILES string of the molecule is COC(=O)CC(CN)COC(C)(C)C. The van der Waals surface area contributed by atoms with Crippen molar-refractivity contribution in [1.29, 1.82) is 0 Å². The van der Waals surface area contributed by atoms with E-state index >= 15 is 0 Å². The van der Waals surface area contributed by atoms with Crippen LogP contribution in [0.3, 0.4) is 0 Å². The van der Waals surface area contributed by atoms with Gasteiger partial charge in [0.05, 0.1) is 25.7 Å². The Morgan fingerprint density at radius 1 is 1.43 bits per heavy atom. The number of ether oxygens (including phenoxy) is 2. The van der Waals surface area contributed by atoms with Gasteiger partial charge < -0.3 is 15.2 Å². The average Bonchev–Trinajstić information content (AvgIpc) is 2.10. The van der Waals surface area contributed by atoms with Gasteiger partial charge >= 0.3 is 5.97 Å². The Balaban J connectivity index is 3.86. The average molecular weight is 203 g/mol. The summed E-state index contributed by atoms with van der Waals surface area (Å²) >= 11 is 0. The number of methoxy groups -OCH3 is 1. The number of nitrogens with two attached hydrogens (primary N) is 1. The number of carbonyl (C=O) groups is 1. The highest BCUT2D eigenvalue weighted by Gasteiger charge is 2.17. The molecule has 0 amide bonds. The van der Waals surface area contributed by atoms with E-state index in [2.05, 4.69) is 4.74 Å². The molecule has 14 heavy (non-hydrogen) atoms. The molecule has 1 unspecified atom stereocenters. The Kier molecular flexibility index (Phi) is 5.72. The highest BCUT2D eigenvalue weighted by atomic mass is 16.5. The number of hydrogen-bond acceptors (Lipinski definition) is 4. The lowest BCUT2D eigenvalue weighted by molar-refractivity contribution is -0.142. The summed E-state index contributed by atoms with van der Waals surface area (Å²) in [4.78, 5) is 11.0. The van der Waals surface area contributed by atoms with Crippen molar-refractivity contribution in [3.8, 4) is 0 Å². The lowest BCUT2D eigenvalue weighted by atomic mass is 10.1. The Morgan fingerprint density at radius 3 is 2.36 bits per heavy atom. The molecule has 0 saturated heterocycles. The molecule has 0 aromatic rings. The quantitative estimate of drug-likeness (QED) is 0.675. The van der Waals surface area contributed by atoms with E-state index in [0.29, 0.717) is 19.6 Å². The molecule has 0 aliphatic rings. The van der Waals surface area contributed by atoms with E-state index in [4.69, 9.17) is 10.5 Å². The van der Waals surface area contributed by atoms with E-state index in [0.717, 1.165) is 0 Å². The molecule has 84 valence electrons. The van der Waals surface area contributed by atoms with Crippen LogP contribution in [0.5, 0.6) is 0 Å². The van der Waals surface area contributed by atoms with E-state index < -0.39 is 0 Å². The second-order valence-corrected chi connectivity index (χ2v) is 4.31. The maximum atomic E-state index is 11.0. The van der Waals surface area contributed by atoms with Gasteiger partial charge in [0, 0.05) is 5.92 Å². The van der Waals surface area contributed by atoms with Crippen LogP contribution in [-0.4, -0.2) is 31.8 Å². The van der Waals surface area contributed by atoms with Crippen molar-refractivity contribution in [3.05, 3.63) is 0 Å². The third-order valence-electron chi connectivity index (χ3n) is 1.77. The second kappa shape index (κ2) is 5.98. The highest BCUT2D eigenvalue weighted by Crippen LogP contribution is 2.11. The molecule has 0 aromatic carbocycles. The predicted molar refractivity (Wildman–Crippen MR) is 54.9 cm³/mol. The molecule has 4 nitrogen and oxygen atoms in total. The summed E-state index contributed by atoms with van der Waals surface area (Å²) in [6, 6.07) is 0. The van der Waals surface area contributed by atoms with E-state index in [1.807, 2.05) is 20.8 Å². The standard InChI is InChI=1S/C10H21NO3/c1-10(2,3)14-7-8(6-11)5-9(12)13-4/h8H,5-7,11H2,1-4H3. The smallest absolute Gasteiger partial charge is 0.305 e. The number of hydrogen-bond donors (Lipinski definition) is 1. The minimum atomic E-state index is -0.238. The minimum Gasteiger partial charge on any atom is -0.469 e. The first-order chi connectivity index (χ1) is 6.39. The number of esters is 1. The van der Waals surface area contributed by atoms with E-state index in [1.54, 1.807) is 0 Å². The second-order valence-electron chi connectivity index (χ2n) is 4.31. The summed E-state index contributed by atoms with van der Waals surface area (Å²) in [6.07, 6.45) is 0.323. The number of carbonyl (C=O) groups excluding carboxylic acids is 1. The van der Waals surface area contributed by atoms with E-state index in [-0.39, 0.29) is 17.5 Å². The van der Waals surface area contributed by atoms with Gasteiger partial charge in [-0.3, -0.25) is 4.79 Å². The molecule has 0 heterocycles. The molecule has 0 aromatic heterocycles. The van der Waals surface area contributed by atoms with Gasteiger partial charge in [-0.25, -0.2) is 0 Å². The summed E-state index contributed by atoms with van der Waals surface area (Å²) < 4.78 is 10.1. The predicted octanol–water partition coefficient (Wildman–Crippen LogP) is 0.939. The lowest BCUT2D eigenvalue weighted by Crippen LogP contribution is -2.29. The molecular weight excluding hydrogens is 182 g/mol. The molecule has 0 rings (SSSR count). The summed E-state index contributed by atoms with van der Waals surface area (Å²) in [5, 5.41) is 0. The first kappa shape index (κ1) is 13.4. The molecule has 0 radical (unpaired) electrons. The van der Waals surface area contributed by atoms with E-state index in [1.165, 1.54) is 7.11 Å². The van der Waals surface area contributed by atoms with Crippen LogP contribution in [0.4, 0.5) is 0 Å². The van der Waals surface area contributed by atoms with Crippen molar-refractivity contribution in [3.63, 3.8) is 0 Å². The zero-order valence-corrected chi connectivity index (χ0v) is 9.50. The largest absolute Gasteiger partial charge is 0.469 e. The van der Waals surface area contributed by atoms with Crippen LogP contribution in [0.2, 0.25) is 0 Å². The summed E-state index contributed by atoms with van der Waals surface area (Å²) in [5.41, 5.74) is 5.33. The molecule has 0 aliphatic carbocycles. The fourth-order valence-corrected chi connectivity index (χ4v) is 0.897. The van der Waals surface area contributed by atoms with Crippen molar-refractivity contribution in [2.24, 2.45) is 11.7 Å². The maximum absolute atomic E-state index is 11.0. The highest BCUT2D eigenvalue weighted by molar-refractivity contribution is 5.69. The van der Waals surface area contributed by atoms with Crippen LogP contribution in [0.25, 0.3) is 0 Å². The van der Waals surface area contributed by atoms with Gasteiger partial charge in [-0.2, -0.15) is 0 Å². The molecule has 0 aliphatic heterocycles. The van der Waals surface area contributed by atoms with Crippen LogP contribution >= 0.6 is 0 Å². The third kappa shape index (κ3) is 6.86. The van der Waals surface area contributed by atoms with Gasteiger partial charge in [0.2, 0.25) is 0 Å². The van der Waals surface area contributed by atoms with Gasteiger partial charge in [-0.15, -0.1) is 0 Å². The summed E-state index contributed by atoms with van der Waals surface area (Å²) in [5.74, 6) is -0.195. The molecule has 4 heteroatoms. The zero-order chi connectivity index (χ0) is 11.2. The maximum Gasteiger partial charge on any atom is 0.305 e. The lowest BCUT2D eigenvalue weighted by Gasteiger charge is -2.23. The zero-order valence-electron chi connectivity index (χ0n) is 9.50. The third-order valence-corrected chi connectivity index (χ3v) is 1.77. The molecule has 0 fully saturated rings. The summed E-state index contributed by atoms with van der Waals surface area (Å²) in [6.45, 7) is 6.84. The van der Waals surface area contributed by atoms with Crippen molar-refractivity contribution >= 4 is 5.97 Å². The topological polar surface area (TPSA) is 61.5 Å². The molecule has 0 saturated carbocycles. The van der Waals surface area contributed by atoms with Gasteiger partial charge in [0.15, 0.2) is 0 Å². The van der Waals surface area contributed by atoms with Gasteiger partial charge in [-0.1, -0.05) is 0 Å². The van der Waals surface area contributed by atoms with Crippen molar-refractivity contribution < 1.29 is 14.3 Å².